The summed E-state index contributed by atoms with van der Waals surface area (Å²) in [7, 11) is 0. The summed E-state index contributed by atoms with van der Waals surface area (Å²) in [4.78, 5) is 8.51. The van der Waals surface area contributed by atoms with Crippen LogP contribution in [-0.4, -0.2) is 19.6 Å². The Labute approximate surface area is 102 Å². The lowest BCUT2D eigenvalue weighted by atomic mass is 10.3. The molecule has 84 valence electrons. The van der Waals surface area contributed by atoms with E-state index in [-0.39, 0.29) is 0 Å². The van der Waals surface area contributed by atoms with E-state index in [9.17, 15) is 0 Å². The number of fused-ring (bicyclic) bond motifs is 1. The number of hydrogen-bond donors (Lipinski definition) is 1. The molecule has 0 bridgehead atoms. The molecule has 0 aliphatic heterocycles. The van der Waals surface area contributed by atoms with E-state index < -0.39 is 0 Å². The van der Waals surface area contributed by atoms with Crippen LogP contribution in [0.25, 0.3) is 17.2 Å². The van der Waals surface area contributed by atoms with Crippen LogP contribution in [0.15, 0.2) is 36.7 Å². The third-order valence-corrected chi connectivity index (χ3v) is 2.53. The number of anilines is 1. The molecule has 3 aromatic heterocycles. The van der Waals surface area contributed by atoms with E-state index in [2.05, 4.69) is 15.1 Å². The molecule has 0 unspecified atom stereocenters. The third kappa shape index (κ3) is 1.70. The zero-order valence-electron chi connectivity index (χ0n) is 8.71. The highest BCUT2D eigenvalue weighted by atomic mass is 35.5. The van der Waals surface area contributed by atoms with E-state index in [4.69, 9.17) is 17.3 Å². The van der Waals surface area contributed by atoms with E-state index >= 15 is 0 Å². The van der Waals surface area contributed by atoms with Crippen LogP contribution >= 0.6 is 11.6 Å². The SMILES string of the molecule is Nc1cc(Cl)cn2nc(-c3ccccn3)nc12. The third-order valence-electron chi connectivity index (χ3n) is 2.32. The van der Waals surface area contributed by atoms with Crippen LogP contribution in [0.5, 0.6) is 0 Å². The molecule has 0 atom stereocenters. The lowest BCUT2D eigenvalue weighted by Crippen LogP contribution is -1.93. The van der Waals surface area contributed by atoms with Gasteiger partial charge in [0.1, 0.15) is 5.69 Å². The first kappa shape index (κ1) is 10.0. The van der Waals surface area contributed by atoms with Crippen LogP contribution in [0.3, 0.4) is 0 Å². The average molecular weight is 246 g/mol. The fourth-order valence-corrected chi connectivity index (χ4v) is 1.79. The van der Waals surface area contributed by atoms with Crippen molar-refractivity contribution in [2.75, 3.05) is 5.73 Å². The number of hydrogen-bond acceptors (Lipinski definition) is 4. The van der Waals surface area contributed by atoms with Crippen molar-refractivity contribution in [1.82, 2.24) is 19.6 Å². The van der Waals surface area contributed by atoms with Crippen molar-refractivity contribution >= 4 is 22.9 Å². The van der Waals surface area contributed by atoms with Gasteiger partial charge in [0.15, 0.2) is 5.65 Å². The monoisotopic (exact) mass is 245 g/mol. The van der Waals surface area contributed by atoms with Crippen molar-refractivity contribution in [1.29, 1.82) is 0 Å². The molecular weight excluding hydrogens is 238 g/mol. The predicted octanol–water partition coefficient (Wildman–Crippen LogP) is 2.03. The molecule has 0 aliphatic rings. The van der Waals surface area contributed by atoms with Gasteiger partial charge in [0.25, 0.3) is 0 Å². The predicted molar refractivity (Wildman–Crippen MR) is 65.6 cm³/mol. The van der Waals surface area contributed by atoms with Crippen molar-refractivity contribution in [3.63, 3.8) is 0 Å². The smallest absolute Gasteiger partial charge is 0.200 e. The van der Waals surface area contributed by atoms with Crippen LogP contribution in [0.1, 0.15) is 0 Å². The zero-order valence-corrected chi connectivity index (χ0v) is 9.46. The summed E-state index contributed by atoms with van der Waals surface area (Å²) < 4.78 is 1.56. The highest BCUT2D eigenvalue weighted by molar-refractivity contribution is 6.30. The first-order valence-corrected chi connectivity index (χ1v) is 5.34. The highest BCUT2D eigenvalue weighted by Gasteiger charge is 2.09. The Bertz CT molecular complexity index is 677. The van der Waals surface area contributed by atoms with Gasteiger partial charge in [-0.2, -0.15) is 0 Å². The quantitative estimate of drug-likeness (QED) is 0.712. The van der Waals surface area contributed by atoms with Crippen LogP contribution in [0, 0.1) is 0 Å². The van der Waals surface area contributed by atoms with Gasteiger partial charge in [-0.3, -0.25) is 4.98 Å². The topological polar surface area (TPSA) is 69.1 Å². The van der Waals surface area contributed by atoms with Crippen molar-refractivity contribution in [3.05, 3.63) is 41.7 Å². The maximum atomic E-state index is 5.89. The summed E-state index contributed by atoms with van der Waals surface area (Å²) in [6.45, 7) is 0. The van der Waals surface area contributed by atoms with Gasteiger partial charge in [-0.1, -0.05) is 17.7 Å². The minimum Gasteiger partial charge on any atom is -0.396 e. The molecular formula is C11H8ClN5. The molecule has 5 nitrogen and oxygen atoms in total. The first-order valence-electron chi connectivity index (χ1n) is 4.97. The lowest BCUT2D eigenvalue weighted by Gasteiger charge is -1.95. The maximum absolute atomic E-state index is 5.89. The van der Waals surface area contributed by atoms with Gasteiger partial charge in [-0.15, -0.1) is 5.10 Å². The van der Waals surface area contributed by atoms with Crippen LogP contribution < -0.4 is 5.73 Å². The molecule has 0 amide bonds. The largest absolute Gasteiger partial charge is 0.396 e. The van der Waals surface area contributed by atoms with E-state index in [0.717, 1.165) is 0 Å². The summed E-state index contributed by atoms with van der Waals surface area (Å²) in [5, 5.41) is 4.80. The van der Waals surface area contributed by atoms with Crippen molar-refractivity contribution in [2.45, 2.75) is 0 Å². The Balaban J connectivity index is 2.24. The summed E-state index contributed by atoms with van der Waals surface area (Å²) in [5.74, 6) is 0.527. The van der Waals surface area contributed by atoms with Crippen molar-refractivity contribution < 1.29 is 0 Å². The molecule has 6 heteroatoms. The van der Waals surface area contributed by atoms with Gasteiger partial charge in [-0.25, -0.2) is 9.50 Å². The summed E-state index contributed by atoms with van der Waals surface area (Å²) in [6.07, 6.45) is 3.35. The molecule has 3 heterocycles. The standard InChI is InChI=1S/C11H8ClN5/c12-7-5-8(13)11-15-10(16-17(11)6-7)9-3-1-2-4-14-9/h1-6H,13H2. The minimum absolute atomic E-state index is 0.493. The van der Waals surface area contributed by atoms with Crippen molar-refractivity contribution in [3.8, 4) is 11.5 Å². The van der Waals surface area contributed by atoms with E-state index in [1.807, 2.05) is 18.2 Å². The summed E-state index contributed by atoms with van der Waals surface area (Å²) in [5.41, 5.74) is 7.59. The number of aromatic nitrogens is 4. The Morgan fingerprint density at radius 1 is 1.29 bits per heavy atom. The summed E-state index contributed by atoms with van der Waals surface area (Å²) in [6, 6.07) is 7.20. The Morgan fingerprint density at radius 3 is 2.94 bits per heavy atom. The van der Waals surface area contributed by atoms with Gasteiger partial charge in [0, 0.05) is 12.4 Å². The zero-order chi connectivity index (χ0) is 11.8. The Hall–Kier alpha value is -2.14. The van der Waals surface area contributed by atoms with Crippen molar-refractivity contribution in [2.24, 2.45) is 0 Å². The highest BCUT2D eigenvalue weighted by Crippen LogP contribution is 2.20. The molecule has 0 aliphatic carbocycles. The van der Waals surface area contributed by atoms with Gasteiger partial charge >= 0.3 is 0 Å². The molecule has 2 N–H and O–H groups in total. The number of halogens is 1. The van der Waals surface area contributed by atoms with Gasteiger partial charge < -0.3 is 5.73 Å². The molecule has 0 saturated heterocycles. The number of nitrogens with two attached hydrogens (primary N) is 1. The second kappa shape index (κ2) is 3.71. The molecule has 3 rings (SSSR count). The molecule has 0 saturated carbocycles. The molecule has 0 aromatic carbocycles. The first-order chi connectivity index (χ1) is 8.24. The van der Waals surface area contributed by atoms with E-state index in [1.54, 1.807) is 23.0 Å². The van der Waals surface area contributed by atoms with Gasteiger partial charge in [0.05, 0.1) is 10.7 Å². The second-order valence-electron chi connectivity index (χ2n) is 3.53. The molecule has 3 aromatic rings. The number of nitrogens with zero attached hydrogens (tertiary/aromatic N) is 4. The van der Waals surface area contributed by atoms with Gasteiger partial charge in [-0.05, 0) is 18.2 Å². The van der Waals surface area contributed by atoms with Gasteiger partial charge in [0.2, 0.25) is 5.82 Å². The average Bonchev–Trinajstić information content (AvgIpc) is 2.74. The van der Waals surface area contributed by atoms with Crippen LogP contribution in [-0.2, 0) is 0 Å². The second-order valence-corrected chi connectivity index (χ2v) is 3.97. The summed E-state index contributed by atoms with van der Waals surface area (Å²) >= 11 is 5.89. The lowest BCUT2D eigenvalue weighted by molar-refractivity contribution is 0.963. The Morgan fingerprint density at radius 2 is 2.18 bits per heavy atom. The Kier molecular flexibility index (Phi) is 2.19. The van der Waals surface area contributed by atoms with E-state index in [0.29, 0.717) is 27.9 Å². The number of pyridine rings is 2. The van der Waals surface area contributed by atoms with Crippen LogP contribution in [0.2, 0.25) is 5.02 Å². The van der Waals surface area contributed by atoms with E-state index in [1.165, 1.54) is 0 Å². The normalized spacial score (nSPS) is 10.9. The fourth-order valence-electron chi connectivity index (χ4n) is 1.58. The number of rotatable bonds is 1. The molecule has 17 heavy (non-hydrogen) atoms. The molecule has 0 radical (unpaired) electrons. The maximum Gasteiger partial charge on any atom is 0.200 e. The number of nitrogen functional groups attached to an aromatic ring is 1. The molecule has 0 fully saturated rings. The van der Waals surface area contributed by atoms with Crippen LogP contribution in [0.4, 0.5) is 5.69 Å². The fraction of sp³-hybridized carbons (Fsp3) is 0. The molecule has 0 spiro atoms. The minimum atomic E-state index is 0.493.